The van der Waals surface area contributed by atoms with Gasteiger partial charge in [0.2, 0.25) is 0 Å². The number of carbonyl (C=O) groups excluding carboxylic acids is 1. The Bertz CT molecular complexity index is 451. The van der Waals surface area contributed by atoms with Crippen molar-refractivity contribution in [2.45, 2.75) is 45.8 Å². The SMILES string of the molecule is C[C@H](NC[C@H]1CCN(C(=O)OC(C)(C)C)C1)c1ccco1. The molecule has 1 N–H and O–H groups in total. The van der Waals surface area contributed by atoms with Gasteiger partial charge in [-0.25, -0.2) is 4.79 Å². The van der Waals surface area contributed by atoms with E-state index in [0.29, 0.717) is 5.92 Å². The average molecular weight is 294 g/mol. The monoisotopic (exact) mass is 294 g/mol. The summed E-state index contributed by atoms with van der Waals surface area (Å²) in [6.07, 6.45) is 2.49. The van der Waals surface area contributed by atoms with Crippen LogP contribution in [0.3, 0.4) is 0 Å². The summed E-state index contributed by atoms with van der Waals surface area (Å²) < 4.78 is 10.8. The molecule has 1 aliphatic rings. The van der Waals surface area contributed by atoms with Crippen LogP contribution in [0.25, 0.3) is 0 Å². The van der Waals surface area contributed by atoms with Gasteiger partial charge in [0.15, 0.2) is 0 Å². The number of nitrogens with one attached hydrogen (secondary N) is 1. The molecule has 2 atom stereocenters. The van der Waals surface area contributed by atoms with Crippen molar-refractivity contribution < 1.29 is 13.9 Å². The van der Waals surface area contributed by atoms with Gasteiger partial charge in [-0.15, -0.1) is 0 Å². The van der Waals surface area contributed by atoms with E-state index in [2.05, 4.69) is 12.2 Å². The van der Waals surface area contributed by atoms with Gasteiger partial charge in [-0.1, -0.05) is 0 Å². The number of nitrogens with zero attached hydrogens (tertiary/aromatic N) is 1. The van der Waals surface area contributed by atoms with Gasteiger partial charge < -0.3 is 19.4 Å². The van der Waals surface area contributed by atoms with Gasteiger partial charge >= 0.3 is 6.09 Å². The van der Waals surface area contributed by atoms with E-state index in [1.807, 2.05) is 32.9 Å². The van der Waals surface area contributed by atoms with E-state index in [-0.39, 0.29) is 12.1 Å². The molecule has 1 aliphatic heterocycles. The molecule has 0 radical (unpaired) electrons. The Morgan fingerprint density at radius 2 is 2.33 bits per heavy atom. The quantitative estimate of drug-likeness (QED) is 0.926. The molecular weight excluding hydrogens is 268 g/mol. The summed E-state index contributed by atoms with van der Waals surface area (Å²) >= 11 is 0. The largest absolute Gasteiger partial charge is 0.468 e. The fourth-order valence-electron chi connectivity index (χ4n) is 2.47. The first-order valence-corrected chi connectivity index (χ1v) is 7.60. The maximum absolute atomic E-state index is 12.0. The summed E-state index contributed by atoms with van der Waals surface area (Å²) in [6.45, 7) is 10.2. The van der Waals surface area contributed by atoms with E-state index in [4.69, 9.17) is 9.15 Å². The third-order valence-corrected chi connectivity index (χ3v) is 3.62. The van der Waals surface area contributed by atoms with Crippen LogP contribution < -0.4 is 5.32 Å². The van der Waals surface area contributed by atoms with E-state index < -0.39 is 5.60 Å². The number of carbonyl (C=O) groups is 1. The number of furan rings is 1. The minimum Gasteiger partial charge on any atom is -0.468 e. The molecule has 1 aromatic heterocycles. The molecule has 21 heavy (non-hydrogen) atoms. The highest BCUT2D eigenvalue weighted by atomic mass is 16.6. The van der Waals surface area contributed by atoms with Crippen molar-refractivity contribution in [2.75, 3.05) is 19.6 Å². The Labute approximate surface area is 126 Å². The first-order chi connectivity index (χ1) is 9.85. The summed E-state index contributed by atoms with van der Waals surface area (Å²) in [6, 6.07) is 4.06. The molecule has 0 saturated carbocycles. The molecule has 5 nitrogen and oxygen atoms in total. The van der Waals surface area contributed by atoms with Crippen molar-refractivity contribution in [3.05, 3.63) is 24.2 Å². The lowest BCUT2D eigenvalue weighted by molar-refractivity contribution is 0.0288. The molecule has 2 heterocycles. The molecule has 0 unspecified atom stereocenters. The molecule has 0 aliphatic carbocycles. The van der Waals surface area contributed by atoms with Gasteiger partial charge in [0, 0.05) is 19.6 Å². The van der Waals surface area contributed by atoms with Gasteiger partial charge in [-0.3, -0.25) is 0 Å². The molecule has 5 heteroatoms. The van der Waals surface area contributed by atoms with Crippen molar-refractivity contribution in [3.8, 4) is 0 Å². The van der Waals surface area contributed by atoms with Crippen molar-refractivity contribution in [1.29, 1.82) is 0 Å². The van der Waals surface area contributed by atoms with Gasteiger partial charge in [0.25, 0.3) is 0 Å². The Morgan fingerprint density at radius 3 is 2.95 bits per heavy atom. The van der Waals surface area contributed by atoms with Crippen molar-refractivity contribution in [2.24, 2.45) is 5.92 Å². The van der Waals surface area contributed by atoms with Crippen LogP contribution in [0.5, 0.6) is 0 Å². The second-order valence-corrected chi connectivity index (χ2v) is 6.73. The van der Waals surface area contributed by atoms with E-state index in [9.17, 15) is 4.79 Å². The third-order valence-electron chi connectivity index (χ3n) is 3.62. The van der Waals surface area contributed by atoms with E-state index in [1.54, 1.807) is 11.2 Å². The standard InChI is InChI=1S/C16H26N2O3/c1-12(14-6-5-9-20-14)17-10-13-7-8-18(11-13)15(19)21-16(2,3)4/h5-6,9,12-13,17H,7-8,10-11H2,1-4H3/t12-,13+/m0/s1. The van der Waals surface area contributed by atoms with Crippen LogP contribution in [-0.2, 0) is 4.74 Å². The maximum Gasteiger partial charge on any atom is 0.410 e. The van der Waals surface area contributed by atoms with Crippen LogP contribution in [0.4, 0.5) is 4.79 Å². The zero-order valence-electron chi connectivity index (χ0n) is 13.4. The number of amides is 1. The number of ether oxygens (including phenoxy) is 1. The second-order valence-electron chi connectivity index (χ2n) is 6.73. The van der Waals surface area contributed by atoms with Gasteiger partial charge in [-0.2, -0.15) is 0 Å². The van der Waals surface area contributed by atoms with Crippen LogP contribution in [0.15, 0.2) is 22.8 Å². The zero-order valence-corrected chi connectivity index (χ0v) is 13.4. The van der Waals surface area contributed by atoms with E-state index in [1.165, 1.54) is 0 Å². The van der Waals surface area contributed by atoms with Crippen LogP contribution in [0, 0.1) is 5.92 Å². The third kappa shape index (κ3) is 4.77. The lowest BCUT2D eigenvalue weighted by Gasteiger charge is -2.24. The highest BCUT2D eigenvalue weighted by Crippen LogP contribution is 2.20. The van der Waals surface area contributed by atoms with Gasteiger partial charge in [-0.05, 0) is 52.2 Å². The Hall–Kier alpha value is -1.49. The number of rotatable bonds is 4. The van der Waals surface area contributed by atoms with E-state index >= 15 is 0 Å². The van der Waals surface area contributed by atoms with Crippen molar-refractivity contribution in [3.63, 3.8) is 0 Å². The highest BCUT2D eigenvalue weighted by molar-refractivity contribution is 5.68. The first-order valence-electron chi connectivity index (χ1n) is 7.60. The predicted octanol–water partition coefficient (Wildman–Crippen LogP) is 3.19. The average Bonchev–Trinajstić information content (AvgIpc) is 3.05. The Morgan fingerprint density at radius 1 is 1.57 bits per heavy atom. The predicted molar refractivity (Wildman–Crippen MR) is 81.0 cm³/mol. The summed E-state index contributed by atoms with van der Waals surface area (Å²) in [7, 11) is 0. The number of hydrogen-bond acceptors (Lipinski definition) is 4. The first kappa shape index (κ1) is 15.9. The van der Waals surface area contributed by atoms with Crippen LogP contribution in [0.1, 0.15) is 45.9 Å². The lowest BCUT2D eigenvalue weighted by atomic mass is 10.1. The normalized spacial score (nSPS) is 20.6. The summed E-state index contributed by atoms with van der Waals surface area (Å²) in [5, 5.41) is 3.46. The summed E-state index contributed by atoms with van der Waals surface area (Å²) in [5.41, 5.74) is -0.429. The second kappa shape index (κ2) is 6.52. The molecule has 0 aromatic carbocycles. The van der Waals surface area contributed by atoms with Crippen LogP contribution in [-0.4, -0.2) is 36.2 Å². The zero-order chi connectivity index (χ0) is 15.5. The van der Waals surface area contributed by atoms with Crippen molar-refractivity contribution >= 4 is 6.09 Å². The Balaban J connectivity index is 1.74. The summed E-state index contributed by atoms with van der Waals surface area (Å²) in [5.74, 6) is 1.41. The smallest absolute Gasteiger partial charge is 0.410 e. The van der Waals surface area contributed by atoms with Crippen LogP contribution >= 0.6 is 0 Å². The molecular formula is C16H26N2O3. The minimum atomic E-state index is -0.429. The molecule has 118 valence electrons. The molecule has 1 amide bonds. The topological polar surface area (TPSA) is 54.7 Å². The molecule has 1 fully saturated rings. The molecule has 1 aromatic rings. The van der Waals surface area contributed by atoms with Crippen molar-refractivity contribution in [1.82, 2.24) is 10.2 Å². The molecule has 0 spiro atoms. The lowest BCUT2D eigenvalue weighted by Crippen LogP contribution is -2.36. The fourth-order valence-corrected chi connectivity index (χ4v) is 2.47. The fraction of sp³-hybridized carbons (Fsp3) is 0.688. The Kier molecular flexibility index (Phi) is 4.93. The molecule has 1 saturated heterocycles. The minimum absolute atomic E-state index is 0.190. The summed E-state index contributed by atoms with van der Waals surface area (Å²) in [4.78, 5) is 13.8. The number of hydrogen-bond donors (Lipinski definition) is 1. The maximum atomic E-state index is 12.0. The van der Waals surface area contributed by atoms with Gasteiger partial charge in [0.05, 0.1) is 12.3 Å². The molecule has 2 rings (SSSR count). The molecule has 0 bridgehead atoms. The highest BCUT2D eigenvalue weighted by Gasteiger charge is 2.29. The van der Waals surface area contributed by atoms with Gasteiger partial charge in [0.1, 0.15) is 11.4 Å². The van der Waals surface area contributed by atoms with E-state index in [0.717, 1.165) is 31.8 Å². The van der Waals surface area contributed by atoms with Crippen LogP contribution in [0.2, 0.25) is 0 Å². The number of likely N-dealkylation sites (tertiary alicyclic amines) is 1.